The number of rotatable bonds is 5. The quantitative estimate of drug-likeness (QED) is 0.335. The molecule has 7 heteroatoms. The highest BCUT2D eigenvalue weighted by Gasteiger charge is 2.30. The fourth-order valence-corrected chi connectivity index (χ4v) is 2.67. The molecule has 1 fully saturated rings. The normalized spacial score (nSPS) is 17.3. The van der Waals surface area contributed by atoms with Crippen LogP contribution in [-0.2, 0) is 13.6 Å². The lowest BCUT2D eigenvalue weighted by Crippen LogP contribution is -2.41. The third-order valence-corrected chi connectivity index (χ3v) is 4.34. The molecule has 0 spiro atoms. The lowest BCUT2D eigenvalue weighted by molar-refractivity contribution is 0.369. The summed E-state index contributed by atoms with van der Waals surface area (Å²) in [6.45, 7) is 12.5. The van der Waals surface area contributed by atoms with E-state index in [1.807, 2.05) is 18.5 Å². The van der Waals surface area contributed by atoms with E-state index in [-0.39, 0.29) is 24.0 Å². The Morgan fingerprint density at radius 1 is 1.35 bits per heavy atom. The summed E-state index contributed by atoms with van der Waals surface area (Å²) in [5.41, 5.74) is 0.370. The first kappa shape index (κ1) is 20.2. The molecule has 0 amide bonds. The monoisotopic (exact) mass is 434 g/mol. The average Bonchev–Trinajstić information content (AvgIpc) is 2.98. The average molecular weight is 434 g/mol. The van der Waals surface area contributed by atoms with Crippen molar-refractivity contribution in [2.45, 2.75) is 53.5 Å². The molecule has 1 aromatic heterocycles. The van der Waals surface area contributed by atoms with Gasteiger partial charge in [0.05, 0.1) is 0 Å². The van der Waals surface area contributed by atoms with Gasteiger partial charge in [-0.15, -0.1) is 34.2 Å². The van der Waals surface area contributed by atoms with Crippen LogP contribution in [0.15, 0.2) is 4.99 Å². The molecule has 0 bridgehead atoms. The molecular weight excluding hydrogens is 403 g/mol. The third-order valence-electron chi connectivity index (χ3n) is 4.34. The maximum Gasteiger partial charge on any atom is 0.194 e. The molecule has 1 aromatic rings. The standard InChI is InChI=1S/C16H30N6.HI/c1-6-7-9-17-15(22-10-8-16(3,4)12-22)18-11-14-20-19-13(2)21(14)5;/h6-12H2,1-5H3,(H,17,18);1H. The van der Waals surface area contributed by atoms with Crippen molar-refractivity contribution in [2.75, 3.05) is 19.6 Å². The van der Waals surface area contributed by atoms with Gasteiger partial charge in [-0.2, -0.15) is 0 Å². The van der Waals surface area contributed by atoms with Crippen LogP contribution >= 0.6 is 24.0 Å². The fraction of sp³-hybridized carbons (Fsp3) is 0.812. The van der Waals surface area contributed by atoms with Gasteiger partial charge >= 0.3 is 0 Å². The molecule has 0 aliphatic carbocycles. The van der Waals surface area contributed by atoms with E-state index >= 15 is 0 Å². The Kier molecular flexibility index (Phi) is 7.76. The number of likely N-dealkylation sites (tertiary alicyclic amines) is 1. The second-order valence-corrected chi connectivity index (χ2v) is 6.98. The molecule has 2 heterocycles. The van der Waals surface area contributed by atoms with Gasteiger partial charge in [0.25, 0.3) is 0 Å². The zero-order chi connectivity index (χ0) is 16.2. The van der Waals surface area contributed by atoms with E-state index < -0.39 is 0 Å². The molecule has 2 rings (SSSR count). The van der Waals surface area contributed by atoms with Crippen LogP contribution in [-0.4, -0.2) is 45.3 Å². The number of hydrogen-bond donors (Lipinski definition) is 1. The first-order chi connectivity index (χ1) is 10.4. The summed E-state index contributed by atoms with van der Waals surface area (Å²) in [6.07, 6.45) is 3.57. The number of aryl methyl sites for hydroxylation is 1. The molecular formula is C16H31IN6. The SMILES string of the molecule is CCCCNC(=NCc1nnc(C)n1C)N1CCC(C)(C)C1.I. The molecule has 1 N–H and O–H groups in total. The highest BCUT2D eigenvalue weighted by atomic mass is 127. The Balaban J connectivity index is 0.00000264. The van der Waals surface area contributed by atoms with E-state index in [1.54, 1.807) is 0 Å². The van der Waals surface area contributed by atoms with Gasteiger partial charge in [-0.25, -0.2) is 4.99 Å². The van der Waals surface area contributed by atoms with E-state index in [0.717, 1.165) is 37.2 Å². The Morgan fingerprint density at radius 3 is 2.61 bits per heavy atom. The molecule has 0 atom stereocenters. The lowest BCUT2D eigenvalue weighted by Gasteiger charge is -2.24. The molecule has 23 heavy (non-hydrogen) atoms. The maximum absolute atomic E-state index is 4.80. The van der Waals surface area contributed by atoms with Crippen molar-refractivity contribution in [2.24, 2.45) is 17.5 Å². The van der Waals surface area contributed by atoms with Gasteiger partial charge in [-0.05, 0) is 25.2 Å². The van der Waals surface area contributed by atoms with Crippen LogP contribution < -0.4 is 5.32 Å². The first-order valence-electron chi connectivity index (χ1n) is 8.31. The van der Waals surface area contributed by atoms with Gasteiger partial charge in [0.15, 0.2) is 11.8 Å². The van der Waals surface area contributed by atoms with Crippen molar-refractivity contribution >= 4 is 29.9 Å². The zero-order valence-corrected chi connectivity index (χ0v) is 17.4. The van der Waals surface area contributed by atoms with Crippen molar-refractivity contribution in [3.8, 4) is 0 Å². The highest BCUT2D eigenvalue weighted by Crippen LogP contribution is 2.28. The smallest absolute Gasteiger partial charge is 0.194 e. The fourth-order valence-electron chi connectivity index (χ4n) is 2.67. The van der Waals surface area contributed by atoms with Gasteiger partial charge in [0, 0.05) is 26.7 Å². The first-order valence-corrected chi connectivity index (χ1v) is 8.31. The summed E-state index contributed by atoms with van der Waals surface area (Å²) < 4.78 is 2.00. The van der Waals surface area contributed by atoms with E-state index in [1.165, 1.54) is 19.3 Å². The van der Waals surface area contributed by atoms with Crippen LogP contribution in [0.4, 0.5) is 0 Å². The predicted molar refractivity (Wildman–Crippen MR) is 105 cm³/mol. The van der Waals surface area contributed by atoms with E-state index in [9.17, 15) is 0 Å². The van der Waals surface area contributed by atoms with Crippen LogP contribution in [0.3, 0.4) is 0 Å². The number of aromatic nitrogens is 3. The van der Waals surface area contributed by atoms with Crippen molar-refractivity contribution < 1.29 is 0 Å². The minimum atomic E-state index is 0. The highest BCUT2D eigenvalue weighted by molar-refractivity contribution is 14.0. The summed E-state index contributed by atoms with van der Waals surface area (Å²) in [4.78, 5) is 7.17. The van der Waals surface area contributed by atoms with Crippen LogP contribution in [0.1, 0.15) is 51.7 Å². The maximum atomic E-state index is 4.80. The topological polar surface area (TPSA) is 58.3 Å². The van der Waals surface area contributed by atoms with Crippen molar-refractivity contribution in [3.05, 3.63) is 11.6 Å². The van der Waals surface area contributed by atoms with Crippen LogP contribution in [0, 0.1) is 12.3 Å². The molecule has 1 aliphatic heterocycles. The Hall–Kier alpha value is -0.860. The Labute approximate surface area is 157 Å². The second-order valence-electron chi connectivity index (χ2n) is 6.98. The summed E-state index contributed by atoms with van der Waals surface area (Å²) in [7, 11) is 1.99. The third kappa shape index (κ3) is 5.61. The number of nitrogens with one attached hydrogen (secondary N) is 1. The lowest BCUT2D eigenvalue weighted by atomic mass is 9.93. The molecule has 1 aliphatic rings. The summed E-state index contributed by atoms with van der Waals surface area (Å²) in [6, 6.07) is 0. The van der Waals surface area contributed by atoms with Crippen LogP contribution in [0.2, 0.25) is 0 Å². The summed E-state index contributed by atoms with van der Waals surface area (Å²) >= 11 is 0. The Morgan fingerprint density at radius 2 is 2.09 bits per heavy atom. The number of hydrogen-bond acceptors (Lipinski definition) is 3. The second kappa shape index (κ2) is 8.84. The largest absolute Gasteiger partial charge is 0.356 e. The van der Waals surface area contributed by atoms with Crippen molar-refractivity contribution in [3.63, 3.8) is 0 Å². The molecule has 0 aromatic carbocycles. The van der Waals surface area contributed by atoms with E-state index in [0.29, 0.717) is 12.0 Å². The number of halogens is 1. The van der Waals surface area contributed by atoms with Gasteiger partial charge in [-0.3, -0.25) is 0 Å². The number of guanidine groups is 1. The number of nitrogens with zero attached hydrogens (tertiary/aromatic N) is 5. The van der Waals surface area contributed by atoms with Crippen molar-refractivity contribution in [1.29, 1.82) is 0 Å². The minimum absolute atomic E-state index is 0. The Bertz CT molecular complexity index is 523. The van der Waals surface area contributed by atoms with Crippen LogP contribution in [0.5, 0.6) is 0 Å². The number of aliphatic imine (C=N–C) groups is 1. The summed E-state index contributed by atoms with van der Waals surface area (Å²) in [5.74, 6) is 2.85. The summed E-state index contributed by atoms with van der Waals surface area (Å²) in [5, 5.41) is 11.8. The van der Waals surface area contributed by atoms with Gasteiger partial charge in [0.2, 0.25) is 0 Å². The van der Waals surface area contributed by atoms with Crippen molar-refractivity contribution in [1.82, 2.24) is 25.0 Å². The molecule has 0 saturated carbocycles. The van der Waals surface area contributed by atoms with E-state index in [2.05, 4.69) is 41.2 Å². The van der Waals surface area contributed by atoms with Crippen LogP contribution in [0.25, 0.3) is 0 Å². The predicted octanol–water partition coefficient (Wildman–Crippen LogP) is 2.72. The number of unbranched alkanes of at least 4 members (excludes halogenated alkanes) is 1. The molecule has 6 nitrogen and oxygen atoms in total. The molecule has 1 saturated heterocycles. The van der Waals surface area contributed by atoms with Gasteiger partial charge in [0.1, 0.15) is 12.4 Å². The zero-order valence-electron chi connectivity index (χ0n) is 15.1. The molecule has 132 valence electrons. The van der Waals surface area contributed by atoms with E-state index in [4.69, 9.17) is 4.99 Å². The minimum Gasteiger partial charge on any atom is -0.356 e. The van der Waals surface area contributed by atoms with Gasteiger partial charge in [-0.1, -0.05) is 27.2 Å². The molecule has 0 radical (unpaired) electrons. The molecule has 0 unspecified atom stereocenters. The van der Waals surface area contributed by atoms with Gasteiger partial charge < -0.3 is 14.8 Å².